The molecule has 0 atom stereocenters. The van der Waals surface area contributed by atoms with E-state index >= 15 is 0 Å². The number of fused-ring (bicyclic) bond motifs is 1. The van der Waals surface area contributed by atoms with E-state index in [1.54, 1.807) is 48.5 Å². The molecule has 0 aliphatic heterocycles. The number of ether oxygens (including phenoxy) is 1. The zero-order valence-corrected chi connectivity index (χ0v) is 14.9. The normalized spacial score (nSPS) is 11.0. The summed E-state index contributed by atoms with van der Waals surface area (Å²) in [4.78, 5) is 37.1. The molecule has 1 heterocycles. The van der Waals surface area contributed by atoms with Gasteiger partial charge in [-0.1, -0.05) is 36.4 Å². The fourth-order valence-corrected chi connectivity index (χ4v) is 2.97. The SMILES string of the molecule is COCCn1c(=O)c2ccccc2n(Cc2ccc(C(=O)CO)cc2)c1=O. The van der Waals surface area contributed by atoms with Crippen LogP contribution in [0.4, 0.5) is 0 Å². The Kier molecular flexibility index (Phi) is 5.63. The molecule has 0 saturated heterocycles. The second-order valence-electron chi connectivity index (χ2n) is 6.11. The van der Waals surface area contributed by atoms with Crippen molar-refractivity contribution in [2.24, 2.45) is 0 Å². The average molecular weight is 368 g/mol. The van der Waals surface area contributed by atoms with E-state index in [9.17, 15) is 14.4 Å². The van der Waals surface area contributed by atoms with Crippen molar-refractivity contribution in [3.8, 4) is 0 Å². The minimum atomic E-state index is -0.548. The molecule has 0 amide bonds. The summed E-state index contributed by atoms with van der Waals surface area (Å²) in [7, 11) is 1.51. The van der Waals surface area contributed by atoms with Gasteiger partial charge < -0.3 is 9.84 Å². The van der Waals surface area contributed by atoms with Gasteiger partial charge in [-0.05, 0) is 17.7 Å². The Bertz CT molecular complexity index is 1080. The highest BCUT2D eigenvalue weighted by Crippen LogP contribution is 2.11. The van der Waals surface area contributed by atoms with Crippen LogP contribution in [0.2, 0.25) is 0 Å². The minimum Gasteiger partial charge on any atom is -0.388 e. The molecule has 0 fully saturated rings. The third-order valence-corrected chi connectivity index (χ3v) is 4.41. The summed E-state index contributed by atoms with van der Waals surface area (Å²) >= 11 is 0. The van der Waals surface area contributed by atoms with E-state index in [0.717, 1.165) is 5.56 Å². The lowest BCUT2D eigenvalue weighted by atomic mass is 10.1. The van der Waals surface area contributed by atoms with Crippen molar-refractivity contribution in [3.05, 3.63) is 80.5 Å². The van der Waals surface area contributed by atoms with Gasteiger partial charge in [0.15, 0.2) is 5.78 Å². The summed E-state index contributed by atoms with van der Waals surface area (Å²) in [5.74, 6) is -0.364. The van der Waals surface area contributed by atoms with Gasteiger partial charge in [0.25, 0.3) is 5.56 Å². The van der Waals surface area contributed by atoms with Crippen molar-refractivity contribution < 1.29 is 14.6 Å². The van der Waals surface area contributed by atoms with E-state index in [1.807, 2.05) is 0 Å². The molecular formula is C20H20N2O5. The second-order valence-corrected chi connectivity index (χ2v) is 6.11. The first kappa shape index (κ1) is 18.8. The summed E-state index contributed by atoms with van der Waals surface area (Å²) in [6.45, 7) is 0.127. The quantitative estimate of drug-likeness (QED) is 0.629. The lowest BCUT2D eigenvalue weighted by molar-refractivity contribution is 0.0903. The number of benzene rings is 2. The van der Waals surface area contributed by atoms with Gasteiger partial charge in [0.2, 0.25) is 0 Å². The monoisotopic (exact) mass is 368 g/mol. The second kappa shape index (κ2) is 8.11. The van der Waals surface area contributed by atoms with E-state index in [1.165, 1.54) is 16.2 Å². The van der Waals surface area contributed by atoms with Crippen LogP contribution in [0.1, 0.15) is 15.9 Å². The largest absolute Gasteiger partial charge is 0.388 e. The van der Waals surface area contributed by atoms with Gasteiger partial charge in [-0.25, -0.2) is 4.79 Å². The maximum atomic E-state index is 12.9. The highest BCUT2D eigenvalue weighted by atomic mass is 16.5. The molecule has 0 radical (unpaired) electrons. The van der Waals surface area contributed by atoms with Crippen LogP contribution >= 0.6 is 0 Å². The first-order valence-corrected chi connectivity index (χ1v) is 8.51. The molecule has 0 saturated carbocycles. The van der Waals surface area contributed by atoms with Gasteiger partial charge in [0.05, 0.1) is 30.6 Å². The molecule has 0 bridgehead atoms. The van der Waals surface area contributed by atoms with E-state index in [-0.39, 0.29) is 31.0 Å². The number of para-hydroxylation sites is 1. The van der Waals surface area contributed by atoms with E-state index in [2.05, 4.69) is 0 Å². The van der Waals surface area contributed by atoms with Crippen LogP contribution in [-0.4, -0.2) is 40.3 Å². The maximum absolute atomic E-state index is 12.9. The number of methoxy groups -OCH3 is 1. The van der Waals surface area contributed by atoms with Gasteiger partial charge in [-0.3, -0.25) is 18.7 Å². The molecule has 3 aromatic rings. The molecule has 0 aliphatic carbocycles. The third-order valence-electron chi connectivity index (χ3n) is 4.41. The molecule has 140 valence electrons. The number of aliphatic hydroxyl groups is 1. The van der Waals surface area contributed by atoms with Gasteiger partial charge in [0.1, 0.15) is 6.61 Å². The molecule has 1 aromatic heterocycles. The van der Waals surface area contributed by atoms with Crippen molar-refractivity contribution in [2.75, 3.05) is 20.3 Å². The first-order chi connectivity index (χ1) is 13.1. The van der Waals surface area contributed by atoms with E-state index in [0.29, 0.717) is 16.5 Å². The molecule has 0 spiro atoms. The predicted octanol–water partition coefficient (Wildman–Crippen LogP) is 1.03. The van der Waals surface area contributed by atoms with Crippen molar-refractivity contribution in [2.45, 2.75) is 13.1 Å². The minimum absolute atomic E-state index is 0.170. The van der Waals surface area contributed by atoms with Crippen LogP contribution < -0.4 is 11.2 Å². The first-order valence-electron chi connectivity index (χ1n) is 8.51. The molecule has 3 rings (SSSR count). The van der Waals surface area contributed by atoms with Crippen LogP contribution in [-0.2, 0) is 17.8 Å². The van der Waals surface area contributed by atoms with Crippen molar-refractivity contribution >= 4 is 16.7 Å². The number of hydrogen-bond acceptors (Lipinski definition) is 5. The Hall–Kier alpha value is -3.03. The number of aromatic nitrogens is 2. The highest BCUT2D eigenvalue weighted by Gasteiger charge is 2.13. The predicted molar refractivity (Wildman–Crippen MR) is 101 cm³/mol. The van der Waals surface area contributed by atoms with Gasteiger partial charge in [-0.15, -0.1) is 0 Å². The number of carbonyl (C=O) groups is 1. The van der Waals surface area contributed by atoms with E-state index in [4.69, 9.17) is 9.84 Å². The Balaban J connectivity index is 2.09. The van der Waals surface area contributed by atoms with Crippen LogP contribution in [0.3, 0.4) is 0 Å². The fraction of sp³-hybridized carbons (Fsp3) is 0.250. The lowest BCUT2D eigenvalue weighted by Gasteiger charge is -2.14. The Morgan fingerprint density at radius 2 is 1.74 bits per heavy atom. The number of nitrogens with zero attached hydrogens (tertiary/aromatic N) is 2. The molecule has 7 heteroatoms. The third kappa shape index (κ3) is 3.74. The molecule has 1 N–H and O–H groups in total. The summed E-state index contributed by atoms with van der Waals surface area (Å²) in [6, 6.07) is 13.7. The zero-order chi connectivity index (χ0) is 19.4. The van der Waals surface area contributed by atoms with Crippen molar-refractivity contribution in [3.63, 3.8) is 0 Å². The Morgan fingerprint density at radius 3 is 2.41 bits per heavy atom. The summed E-state index contributed by atoms with van der Waals surface area (Å²) in [5.41, 5.74) is 1.01. The topological polar surface area (TPSA) is 90.5 Å². The van der Waals surface area contributed by atoms with Crippen LogP contribution in [0.15, 0.2) is 58.1 Å². The van der Waals surface area contributed by atoms with Crippen LogP contribution in [0, 0.1) is 0 Å². The summed E-state index contributed by atoms with van der Waals surface area (Å²) < 4.78 is 7.73. The molecule has 27 heavy (non-hydrogen) atoms. The Morgan fingerprint density at radius 1 is 1.04 bits per heavy atom. The van der Waals surface area contributed by atoms with Gasteiger partial charge in [-0.2, -0.15) is 0 Å². The summed E-state index contributed by atoms with van der Waals surface area (Å²) in [6.07, 6.45) is 0. The van der Waals surface area contributed by atoms with E-state index < -0.39 is 12.3 Å². The maximum Gasteiger partial charge on any atom is 0.331 e. The molecular weight excluding hydrogens is 348 g/mol. The number of hydrogen-bond donors (Lipinski definition) is 1. The number of rotatable bonds is 7. The number of ketones is 1. The fourth-order valence-electron chi connectivity index (χ4n) is 2.97. The van der Waals surface area contributed by atoms with Gasteiger partial charge in [0, 0.05) is 12.7 Å². The van der Waals surface area contributed by atoms with Crippen LogP contribution in [0.5, 0.6) is 0 Å². The summed E-state index contributed by atoms with van der Waals surface area (Å²) in [5, 5.41) is 9.40. The van der Waals surface area contributed by atoms with Crippen molar-refractivity contribution in [1.82, 2.24) is 9.13 Å². The molecule has 7 nitrogen and oxygen atoms in total. The lowest BCUT2D eigenvalue weighted by Crippen LogP contribution is -2.41. The standard InChI is InChI=1S/C20H20N2O5/c1-27-11-10-21-19(25)16-4-2-3-5-17(16)22(20(21)26)12-14-6-8-15(9-7-14)18(24)13-23/h2-9,23H,10-13H2,1H3. The molecule has 0 unspecified atom stereocenters. The smallest absolute Gasteiger partial charge is 0.331 e. The Labute approximate surface area is 155 Å². The zero-order valence-electron chi connectivity index (χ0n) is 14.9. The highest BCUT2D eigenvalue weighted by molar-refractivity contribution is 5.96. The number of Topliss-reactive ketones (excluding diaryl/α,β-unsaturated/α-hetero) is 1. The number of carbonyl (C=O) groups excluding carboxylic acids is 1. The molecule has 0 aliphatic rings. The van der Waals surface area contributed by atoms with Crippen molar-refractivity contribution in [1.29, 1.82) is 0 Å². The average Bonchev–Trinajstić information content (AvgIpc) is 2.71. The number of aliphatic hydroxyl groups excluding tert-OH is 1. The van der Waals surface area contributed by atoms with Crippen LogP contribution in [0.25, 0.3) is 10.9 Å². The molecule has 2 aromatic carbocycles. The van der Waals surface area contributed by atoms with Gasteiger partial charge >= 0.3 is 5.69 Å².